The van der Waals surface area contributed by atoms with Crippen LogP contribution in [0.2, 0.25) is 0 Å². The van der Waals surface area contributed by atoms with Crippen molar-refractivity contribution in [2.75, 3.05) is 0 Å². The Hall–Kier alpha value is -1.67. The second kappa shape index (κ2) is 5.06. The summed E-state index contributed by atoms with van der Waals surface area (Å²) >= 11 is 0. The number of carbonyl (C=O) groups is 3. The van der Waals surface area contributed by atoms with Gasteiger partial charge in [0, 0.05) is 0 Å². The minimum atomic E-state index is -1.64. The van der Waals surface area contributed by atoms with Gasteiger partial charge in [0.2, 0.25) is 5.91 Å². The summed E-state index contributed by atoms with van der Waals surface area (Å²) in [6.45, 7) is 0. The zero-order valence-electron chi connectivity index (χ0n) is 6.56. The van der Waals surface area contributed by atoms with Gasteiger partial charge in [-0.25, -0.2) is 4.79 Å². The first-order valence-electron chi connectivity index (χ1n) is 3.11. The number of rotatable bonds is 4. The van der Waals surface area contributed by atoms with Crippen molar-refractivity contribution in [2.24, 2.45) is 17.4 Å². The Morgan fingerprint density at radius 2 is 1.85 bits per heavy atom. The van der Waals surface area contributed by atoms with Crippen molar-refractivity contribution in [1.82, 2.24) is 0 Å². The minimum Gasteiger partial charge on any atom is -0.435 e. The molecule has 74 valence electrons. The van der Waals surface area contributed by atoms with Gasteiger partial charge in [0.1, 0.15) is 6.42 Å². The van der Waals surface area contributed by atoms with Crippen LogP contribution in [0.4, 0.5) is 0 Å². The maximum atomic E-state index is 10.6. The molecule has 0 aliphatic heterocycles. The summed E-state index contributed by atoms with van der Waals surface area (Å²) in [6.07, 6.45) is -2.30. The molecule has 0 bridgehead atoms. The van der Waals surface area contributed by atoms with E-state index < -0.39 is 30.5 Å². The van der Waals surface area contributed by atoms with Crippen LogP contribution >= 0.6 is 0 Å². The summed E-state index contributed by atoms with van der Waals surface area (Å²) in [6, 6.07) is 0. The van der Waals surface area contributed by atoms with E-state index in [4.69, 9.17) is 5.73 Å². The predicted octanol–water partition coefficient (Wildman–Crippen LogP) is -2.89. The van der Waals surface area contributed by atoms with E-state index in [1.807, 2.05) is 0 Å². The van der Waals surface area contributed by atoms with Crippen LogP contribution < -0.4 is 17.4 Å². The van der Waals surface area contributed by atoms with Gasteiger partial charge >= 0.3 is 11.9 Å². The minimum absolute atomic E-state index is 0.661. The third kappa shape index (κ3) is 4.71. The average Bonchev–Trinajstić information content (AvgIpc) is 2.01. The van der Waals surface area contributed by atoms with Crippen molar-refractivity contribution >= 4 is 17.8 Å². The normalized spacial score (nSPS) is 11.5. The first kappa shape index (κ1) is 11.3. The largest absolute Gasteiger partial charge is 0.435 e. The number of amides is 1. The molecule has 0 radical (unpaired) electrons. The molecule has 1 atom stereocenters. The Labute approximate surface area is 72.9 Å². The van der Waals surface area contributed by atoms with E-state index in [1.54, 1.807) is 0 Å². The van der Waals surface area contributed by atoms with Gasteiger partial charge in [0.15, 0.2) is 0 Å². The van der Waals surface area contributed by atoms with E-state index in [0.717, 1.165) is 0 Å². The van der Waals surface area contributed by atoms with Gasteiger partial charge < -0.3 is 15.3 Å². The molecule has 0 unspecified atom stereocenters. The van der Waals surface area contributed by atoms with Crippen LogP contribution in [0.3, 0.4) is 0 Å². The van der Waals surface area contributed by atoms with E-state index in [-0.39, 0.29) is 0 Å². The quantitative estimate of drug-likeness (QED) is 0.187. The number of hydrogen-bond donors (Lipinski definition) is 3. The molecule has 0 aliphatic carbocycles. The Kier molecular flexibility index (Phi) is 4.41. The van der Waals surface area contributed by atoms with Gasteiger partial charge in [-0.15, -0.1) is 0 Å². The van der Waals surface area contributed by atoms with Crippen LogP contribution in [0.5, 0.6) is 0 Å². The van der Waals surface area contributed by atoms with E-state index in [2.05, 4.69) is 21.2 Å². The van der Waals surface area contributed by atoms with Gasteiger partial charge in [0.05, 0.1) is 0 Å². The second-order valence-corrected chi connectivity index (χ2v) is 1.99. The summed E-state index contributed by atoms with van der Waals surface area (Å²) in [4.78, 5) is 34.9. The fraction of sp³-hybridized carbons (Fsp3) is 0.400. The molecule has 6 N–H and O–H groups in total. The van der Waals surface area contributed by atoms with Gasteiger partial charge in [-0.3, -0.25) is 15.3 Å². The molecule has 0 heterocycles. The van der Waals surface area contributed by atoms with Crippen molar-refractivity contribution < 1.29 is 24.0 Å². The summed E-state index contributed by atoms with van der Waals surface area (Å²) in [7, 11) is 0. The molecule has 0 saturated carbocycles. The molecule has 0 aromatic carbocycles. The fourth-order valence-corrected chi connectivity index (χ4v) is 0.441. The molecule has 1 amide bonds. The standard InChI is InChI=1S/C5H9N3O5/c6-2(9)1-3(10)12-4(7)5(11)13-8/h4H,1,7-8H2,(H2,6,9)/t4-/m0/s1. The third-order valence-electron chi connectivity index (χ3n) is 0.925. The van der Waals surface area contributed by atoms with Crippen molar-refractivity contribution in [3.8, 4) is 0 Å². The molecule has 0 rings (SSSR count). The fourth-order valence-electron chi connectivity index (χ4n) is 0.441. The first-order valence-corrected chi connectivity index (χ1v) is 3.11. The number of carbonyl (C=O) groups excluding carboxylic acids is 3. The Bertz CT molecular complexity index is 228. The summed E-state index contributed by atoms with van der Waals surface area (Å²) < 4.78 is 4.20. The number of primary amides is 1. The van der Waals surface area contributed by atoms with Gasteiger partial charge in [-0.05, 0) is 0 Å². The molecular formula is C5H9N3O5. The molecule has 0 aliphatic rings. The van der Waals surface area contributed by atoms with Crippen LogP contribution in [0.1, 0.15) is 6.42 Å². The molecule has 8 heteroatoms. The number of hydrogen-bond acceptors (Lipinski definition) is 7. The summed E-state index contributed by atoms with van der Waals surface area (Å²) in [5.74, 6) is 1.40. The van der Waals surface area contributed by atoms with E-state index >= 15 is 0 Å². The highest BCUT2D eigenvalue weighted by molar-refractivity contribution is 5.94. The van der Waals surface area contributed by atoms with E-state index in [1.165, 1.54) is 0 Å². The maximum absolute atomic E-state index is 10.6. The summed E-state index contributed by atoms with van der Waals surface area (Å²) in [5.41, 5.74) is 9.61. The van der Waals surface area contributed by atoms with Crippen LogP contribution in [0, 0.1) is 0 Å². The zero-order valence-corrected chi connectivity index (χ0v) is 6.56. The number of esters is 1. The molecule has 0 spiro atoms. The first-order chi connectivity index (χ1) is 5.97. The molecule has 8 nitrogen and oxygen atoms in total. The van der Waals surface area contributed by atoms with E-state index in [0.29, 0.717) is 0 Å². The van der Waals surface area contributed by atoms with Gasteiger partial charge in [0.25, 0.3) is 6.23 Å². The topological polar surface area (TPSA) is 148 Å². The van der Waals surface area contributed by atoms with Crippen molar-refractivity contribution in [3.05, 3.63) is 0 Å². The van der Waals surface area contributed by atoms with Gasteiger partial charge in [-0.2, -0.15) is 5.90 Å². The zero-order chi connectivity index (χ0) is 10.4. The number of nitrogens with two attached hydrogens (primary N) is 3. The van der Waals surface area contributed by atoms with Gasteiger partial charge in [-0.1, -0.05) is 0 Å². The molecule has 13 heavy (non-hydrogen) atoms. The Morgan fingerprint density at radius 3 is 2.23 bits per heavy atom. The monoisotopic (exact) mass is 191 g/mol. The third-order valence-corrected chi connectivity index (χ3v) is 0.925. The predicted molar refractivity (Wildman–Crippen MR) is 38.2 cm³/mol. The van der Waals surface area contributed by atoms with Crippen molar-refractivity contribution in [1.29, 1.82) is 0 Å². The molecular weight excluding hydrogens is 182 g/mol. The van der Waals surface area contributed by atoms with Crippen LogP contribution in [0.15, 0.2) is 0 Å². The smallest absolute Gasteiger partial charge is 0.381 e. The van der Waals surface area contributed by atoms with Crippen LogP contribution in [-0.2, 0) is 24.0 Å². The lowest BCUT2D eigenvalue weighted by molar-refractivity contribution is -0.168. The highest BCUT2D eigenvalue weighted by Gasteiger charge is 2.20. The molecule has 0 aromatic rings. The number of ether oxygens (including phenoxy) is 1. The second-order valence-electron chi connectivity index (χ2n) is 1.99. The lowest BCUT2D eigenvalue weighted by Gasteiger charge is -2.08. The highest BCUT2D eigenvalue weighted by atomic mass is 16.7. The van der Waals surface area contributed by atoms with Crippen LogP contribution in [-0.4, -0.2) is 24.1 Å². The Balaban J connectivity index is 3.91. The SMILES string of the molecule is NOC(=O)[C@@H](N)OC(=O)CC(N)=O. The van der Waals surface area contributed by atoms with Crippen LogP contribution in [0.25, 0.3) is 0 Å². The van der Waals surface area contributed by atoms with Crippen molar-refractivity contribution in [3.63, 3.8) is 0 Å². The van der Waals surface area contributed by atoms with E-state index in [9.17, 15) is 14.4 Å². The lowest BCUT2D eigenvalue weighted by Crippen LogP contribution is -2.38. The summed E-state index contributed by atoms with van der Waals surface area (Å²) in [5, 5.41) is 0. The van der Waals surface area contributed by atoms with Crippen molar-refractivity contribution in [2.45, 2.75) is 12.6 Å². The lowest BCUT2D eigenvalue weighted by atomic mass is 10.4. The molecule has 0 fully saturated rings. The average molecular weight is 191 g/mol. The highest BCUT2D eigenvalue weighted by Crippen LogP contribution is 1.90. The Morgan fingerprint density at radius 1 is 1.31 bits per heavy atom. The molecule has 0 aromatic heterocycles. The molecule has 0 saturated heterocycles. The maximum Gasteiger partial charge on any atom is 0.381 e.